The summed E-state index contributed by atoms with van der Waals surface area (Å²) in [5.74, 6) is 0.0974. The van der Waals surface area contributed by atoms with Gasteiger partial charge in [-0.15, -0.1) is 0 Å². The van der Waals surface area contributed by atoms with Crippen molar-refractivity contribution in [3.8, 4) is 0 Å². The van der Waals surface area contributed by atoms with Crippen LogP contribution < -0.4 is 10.4 Å². The number of hydrogen-bond donors (Lipinski definition) is 0. The largest absolute Gasteiger partial charge is 0.461 e. The summed E-state index contributed by atoms with van der Waals surface area (Å²) in [6.07, 6.45) is 1.93. The second-order valence-electron chi connectivity index (χ2n) is 10.1. The molecule has 0 spiro atoms. The number of ether oxygens (including phenoxy) is 1. The minimum absolute atomic E-state index is 0.223. The molecular weight excluding hydrogens is 442 g/mol. The lowest BCUT2D eigenvalue weighted by Gasteiger charge is -2.45. The average molecular weight is 482 g/mol. The lowest BCUT2D eigenvalue weighted by atomic mass is 9.97. The van der Waals surface area contributed by atoms with E-state index in [1.54, 1.807) is 6.92 Å². The van der Waals surface area contributed by atoms with Crippen molar-refractivity contribution < 1.29 is 18.8 Å². The van der Waals surface area contributed by atoms with Crippen molar-refractivity contribution in [2.24, 2.45) is 11.1 Å². The molecule has 2 aromatic rings. The molecule has 0 fully saturated rings. The van der Waals surface area contributed by atoms with Crippen LogP contribution in [0.5, 0.6) is 0 Å². The summed E-state index contributed by atoms with van der Waals surface area (Å²) in [6.45, 7) is 13.2. The molecule has 0 saturated carbocycles. The molecule has 0 N–H and O–H groups in total. The fraction of sp³-hybridized carbons (Fsp3) is 0.500. The second kappa shape index (κ2) is 11.3. The third kappa shape index (κ3) is 5.44. The molecule has 2 aromatic carbocycles. The van der Waals surface area contributed by atoms with Crippen molar-refractivity contribution >= 4 is 30.4 Å². The number of oxime groups is 1. The van der Waals surface area contributed by atoms with E-state index in [9.17, 15) is 4.79 Å². The SMILES string of the molecule is CCOC(=O)C1=NO[C@@H](CC[C@@H](C)CC)[C@H]1O[Si](c1ccccc1)(c1ccccc1)C(C)(C)C. The van der Waals surface area contributed by atoms with Crippen LogP contribution in [0.3, 0.4) is 0 Å². The van der Waals surface area contributed by atoms with E-state index in [1.165, 1.54) is 0 Å². The summed E-state index contributed by atoms with van der Waals surface area (Å²) in [5, 5.41) is 6.30. The highest BCUT2D eigenvalue weighted by molar-refractivity contribution is 6.99. The molecule has 0 saturated heterocycles. The molecule has 0 aliphatic carbocycles. The van der Waals surface area contributed by atoms with E-state index < -0.39 is 20.4 Å². The maximum Gasteiger partial charge on any atom is 0.358 e. The first kappa shape index (κ1) is 26.2. The van der Waals surface area contributed by atoms with Gasteiger partial charge in [0.2, 0.25) is 0 Å². The highest BCUT2D eigenvalue weighted by Gasteiger charge is 2.55. The molecule has 3 rings (SSSR count). The molecule has 3 atom stereocenters. The van der Waals surface area contributed by atoms with Gasteiger partial charge in [-0.1, -0.05) is 107 Å². The van der Waals surface area contributed by atoms with E-state index in [0.717, 1.165) is 29.6 Å². The van der Waals surface area contributed by atoms with Gasteiger partial charge in [0, 0.05) is 0 Å². The molecule has 34 heavy (non-hydrogen) atoms. The maximum atomic E-state index is 12.9. The Morgan fingerprint density at radius 2 is 1.59 bits per heavy atom. The van der Waals surface area contributed by atoms with Crippen LogP contribution >= 0.6 is 0 Å². The van der Waals surface area contributed by atoms with E-state index in [0.29, 0.717) is 5.92 Å². The molecular formula is C28H39NO4Si. The lowest BCUT2D eigenvalue weighted by molar-refractivity contribution is -0.135. The number of benzene rings is 2. The Morgan fingerprint density at radius 3 is 2.06 bits per heavy atom. The zero-order valence-electron chi connectivity index (χ0n) is 21.4. The standard InChI is InChI=1S/C28H39NO4Si/c1-7-21(3)19-20-24-26(25(29-32-24)27(30)31-8-2)33-34(28(4,5)6,22-15-11-9-12-16-22)23-17-13-10-14-18-23/h9-18,21,24,26H,7-8,19-20H2,1-6H3/t21-,24-,26+/m0/s1. The number of hydrogen-bond acceptors (Lipinski definition) is 5. The smallest absolute Gasteiger partial charge is 0.358 e. The lowest BCUT2D eigenvalue weighted by Crippen LogP contribution is -2.69. The van der Waals surface area contributed by atoms with E-state index in [-0.39, 0.29) is 23.5 Å². The summed E-state index contributed by atoms with van der Waals surface area (Å²) in [5.41, 5.74) is 0.240. The Labute approximate surface area is 205 Å². The Balaban J connectivity index is 2.12. The first-order chi connectivity index (χ1) is 16.2. The van der Waals surface area contributed by atoms with Gasteiger partial charge in [0.15, 0.2) is 11.8 Å². The number of rotatable bonds is 10. The van der Waals surface area contributed by atoms with E-state index in [4.69, 9.17) is 14.0 Å². The first-order valence-corrected chi connectivity index (χ1v) is 14.3. The molecule has 0 unspecified atom stereocenters. The van der Waals surface area contributed by atoms with Gasteiger partial charge in [-0.3, -0.25) is 0 Å². The highest BCUT2D eigenvalue weighted by Crippen LogP contribution is 2.39. The Kier molecular flexibility index (Phi) is 8.71. The third-order valence-electron chi connectivity index (χ3n) is 6.74. The fourth-order valence-corrected chi connectivity index (χ4v) is 9.30. The van der Waals surface area contributed by atoms with Crippen molar-refractivity contribution in [3.05, 3.63) is 60.7 Å². The number of carbonyl (C=O) groups is 1. The summed E-state index contributed by atoms with van der Waals surface area (Å²) in [4.78, 5) is 18.8. The predicted octanol–water partition coefficient (Wildman–Crippen LogP) is 5.08. The maximum absolute atomic E-state index is 12.9. The van der Waals surface area contributed by atoms with Gasteiger partial charge < -0.3 is 14.0 Å². The van der Waals surface area contributed by atoms with Crippen LogP contribution in [0.2, 0.25) is 5.04 Å². The predicted molar refractivity (Wildman–Crippen MR) is 140 cm³/mol. The van der Waals surface area contributed by atoms with Gasteiger partial charge in [0.05, 0.1) is 6.61 Å². The van der Waals surface area contributed by atoms with Crippen molar-refractivity contribution in [1.82, 2.24) is 0 Å². The van der Waals surface area contributed by atoms with Crippen molar-refractivity contribution in [2.45, 2.75) is 78.1 Å². The summed E-state index contributed by atoms with van der Waals surface area (Å²) >= 11 is 0. The Bertz CT molecular complexity index is 916. The molecule has 1 heterocycles. The van der Waals surface area contributed by atoms with Gasteiger partial charge >= 0.3 is 5.97 Å². The highest BCUT2D eigenvalue weighted by atomic mass is 28.4. The van der Waals surface area contributed by atoms with Gasteiger partial charge in [-0.2, -0.15) is 0 Å². The average Bonchev–Trinajstić information content (AvgIpc) is 3.23. The van der Waals surface area contributed by atoms with Crippen molar-refractivity contribution in [2.75, 3.05) is 6.61 Å². The van der Waals surface area contributed by atoms with Crippen LogP contribution in [0.15, 0.2) is 65.8 Å². The number of esters is 1. The molecule has 0 radical (unpaired) electrons. The molecule has 1 aliphatic rings. The van der Waals surface area contributed by atoms with Crippen LogP contribution in [-0.2, 0) is 18.8 Å². The third-order valence-corrected chi connectivity index (χ3v) is 11.8. The quantitative estimate of drug-likeness (QED) is 0.351. The van der Waals surface area contributed by atoms with Crippen LogP contribution in [0, 0.1) is 5.92 Å². The number of nitrogens with zero attached hydrogens (tertiary/aromatic N) is 1. The molecule has 6 heteroatoms. The zero-order valence-corrected chi connectivity index (χ0v) is 22.4. The van der Waals surface area contributed by atoms with Crippen LogP contribution in [0.1, 0.15) is 60.8 Å². The monoisotopic (exact) mass is 481 g/mol. The minimum Gasteiger partial charge on any atom is -0.461 e. The topological polar surface area (TPSA) is 57.1 Å². The summed E-state index contributed by atoms with van der Waals surface area (Å²) < 4.78 is 12.6. The second-order valence-corrected chi connectivity index (χ2v) is 14.4. The Hall–Kier alpha value is -2.44. The summed E-state index contributed by atoms with van der Waals surface area (Å²) in [6, 6.07) is 20.9. The first-order valence-electron chi connectivity index (χ1n) is 12.4. The molecule has 0 amide bonds. The van der Waals surface area contributed by atoms with Crippen molar-refractivity contribution in [1.29, 1.82) is 0 Å². The van der Waals surface area contributed by atoms with Gasteiger partial charge in [-0.25, -0.2) is 4.79 Å². The molecule has 0 aromatic heterocycles. The van der Waals surface area contributed by atoms with Gasteiger partial charge in [-0.05, 0) is 41.1 Å². The van der Waals surface area contributed by atoms with Crippen molar-refractivity contribution in [3.63, 3.8) is 0 Å². The van der Waals surface area contributed by atoms with Gasteiger partial charge in [0.1, 0.15) is 6.10 Å². The Morgan fingerprint density at radius 1 is 1.03 bits per heavy atom. The van der Waals surface area contributed by atoms with E-state index in [2.05, 4.69) is 88.3 Å². The zero-order chi connectivity index (χ0) is 24.8. The van der Waals surface area contributed by atoms with Crippen LogP contribution in [-0.4, -0.2) is 38.8 Å². The minimum atomic E-state index is -2.90. The molecule has 5 nitrogen and oxygen atoms in total. The fourth-order valence-electron chi connectivity index (χ4n) is 4.64. The van der Waals surface area contributed by atoms with Gasteiger partial charge in [0.25, 0.3) is 8.32 Å². The molecule has 1 aliphatic heterocycles. The van der Waals surface area contributed by atoms with Crippen LogP contribution in [0.25, 0.3) is 0 Å². The molecule has 184 valence electrons. The molecule has 0 bridgehead atoms. The van der Waals surface area contributed by atoms with E-state index in [1.807, 2.05) is 12.1 Å². The van der Waals surface area contributed by atoms with E-state index >= 15 is 0 Å². The summed E-state index contributed by atoms with van der Waals surface area (Å²) in [7, 11) is -2.90. The normalized spacial score (nSPS) is 19.3. The van der Waals surface area contributed by atoms with Crippen LogP contribution in [0.4, 0.5) is 0 Å². The number of carbonyl (C=O) groups excluding carboxylic acids is 1.